The van der Waals surface area contributed by atoms with Crippen molar-refractivity contribution in [3.63, 3.8) is 0 Å². The zero-order valence-corrected chi connectivity index (χ0v) is 10.9. The van der Waals surface area contributed by atoms with Gasteiger partial charge in [0.05, 0.1) is 12.7 Å². The third-order valence-electron chi connectivity index (χ3n) is 2.29. The Hall–Kier alpha value is -0.880. The second-order valence-corrected chi connectivity index (χ2v) is 5.00. The highest BCUT2D eigenvalue weighted by atomic mass is 32.2. The molecule has 0 bridgehead atoms. The first-order chi connectivity index (χ1) is 8.29. The third kappa shape index (κ3) is 5.18. The van der Waals surface area contributed by atoms with Gasteiger partial charge in [0.15, 0.2) is 0 Å². The largest absolute Gasteiger partial charge is 0.492 e. The van der Waals surface area contributed by atoms with Crippen LogP contribution in [0.3, 0.4) is 0 Å². The molecule has 0 aliphatic carbocycles. The van der Waals surface area contributed by atoms with Crippen LogP contribution in [0.25, 0.3) is 0 Å². The molecule has 1 N–H and O–H groups in total. The lowest BCUT2D eigenvalue weighted by Gasteiger charge is -2.12. The molecule has 1 rings (SSSR count). The van der Waals surface area contributed by atoms with Gasteiger partial charge in [0.1, 0.15) is 5.75 Å². The number of alkyl halides is 3. The first-order valence-electron chi connectivity index (χ1n) is 5.41. The summed E-state index contributed by atoms with van der Waals surface area (Å²) < 4.78 is 40.9. The van der Waals surface area contributed by atoms with E-state index in [0.717, 1.165) is 11.1 Å². The van der Waals surface area contributed by atoms with Gasteiger partial charge in [-0.15, -0.1) is 0 Å². The van der Waals surface area contributed by atoms with Crippen molar-refractivity contribution in [2.75, 3.05) is 12.4 Å². The minimum absolute atomic E-state index is 0.000950. The van der Waals surface area contributed by atoms with Crippen LogP contribution < -0.4 is 4.74 Å². The molecule has 18 heavy (non-hydrogen) atoms. The van der Waals surface area contributed by atoms with Crippen molar-refractivity contribution in [2.24, 2.45) is 0 Å². The molecular weight excluding hydrogens is 265 g/mol. The van der Waals surface area contributed by atoms with Crippen LogP contribution >= 0.6 is 11.8 Å². The summed E-state index contributed by atoms with van der Waals surface area (Å²) in [4.78, 5) is 0. The van der Waals surface area contributed by atoms with Crippen LogP contribution in [0.15, 0.2) is 18.2 Å². The van der Waals surface area contributed by atoms with Crippen molar-refractivity contribution < 1.29 is 23.0 Å². The smallest absolute Gasteiger partial charge is 0.441 e. The summed E-state index contributed by atoms with van der Waals surface area (Å²) in [5, 5.41) is 9.37. The van der Waals surface area contributed by atoms with Crippen LogP contribution in [0.4, 0.5) is 13.2 Å². The lowest BCUT2D eigenvalue weighted by molar-refractivity contribution is -0.0329. The molecule has 1 aromatic carbocycles. The monoisotopic (exact) mass is 280 g/mol. The fourth-order valence-electron chi connectivity index (χ4n) is 1.40. The molecule has 1 atom stereocenters. The van der Waals surface area contributed by atoms with E-state index in [4.69, 9.17) is 4.74 Å². The molecule has 0 amide bonds. The van der Waals surface area contributed by atoms with Crippen LogP contribution in [0.1, 0.15) is 24.2 Å². The van der Waals surface area contributed by atoms with Gasteiger partial charge in [-0.2, -0.15) is 13.2 Å². The summed E-state index contributed by atoms with van der Waals surface area (Å²) in [6.07, 6.45) is -0.571. The van der Waals surface area contributed by atoms with Crippen LogP contribution in [-0.4, -0.2) is 23.0 Å². The second-order valence-electron chi connectivity index (χ2n) is 3.84. The first kappa shape index (κ1) is 15.2. The number of hydrogen-bond donors (Lipinski definition) is 1. The molecule has 2 nitrogen and oxygen atoms in total. The Kier molecular flexibility index (Phi) is 5.34. The molecule has 0 aliphatic rings. The van der Waals surface area contributed by atoms with E-state index in [9.17, 15) is 18.3 Å². The van der Waals surface area contributed by atoms with Gasteiger partial charge in [-0.25, -0.2) is 0 Å². The topological polar surface area (TPSA) is 29.5 Å². The number of halogens is 3. The maximum absolute atomic E-state index is 11.9. The maximum Gasteiger partial charge on any atom is 0.441 e. The van der Waals surface area contributed by atoms with E-state index >= 15 is 0 Å². The minimum Gasteiger partial charge on any atom is -0.492 e. The predicted octanol–water partition coefficient (Wildman–Crippen LogP) is 3.68. The third-order valence-corrected chi connectivity index (χ3v) is 2.99. The van der Waals surface area contributed by atoms with Crippen LogP contribution in [-0.2, 0) is 0 Å². The van der Waals surface area contributed by atoms with E-state index < -0.39 is 11.6 Å². The maximum atomic E-state index is 11.9. The number of benzene rings is 1. The summed E-state index contributed by atoms with van der Waals surface area (Å²) >= 11 is -0.0983. The fraction of sp³-hybridized carbons (Fsp3) is 0.500. The quantitative estimate of drug-likeness (QED) is 0.834. The molecule has 0 aromatic heterocycles. The molecular formula is C12H15F3O2S. The van der Waals surface area contributed by atoms with E-state index in [-0.39, 0.29) is 24.1 Å². The second kappa shape index (κ2) is 6.33. The van der Waals surface area contributed by atoms with Crippen molar-refractivity contribution >= 4 is 11.8 Å². The van der Waals surface area contributed by atoms with Crippen molar-refractivity contribution in [3.05, 3.63) is 29.3 Å². The van der Waals surface area contributed by atoms with Gasteiger partial charge in [-0.3, -0.25) is 0 Å². The summed E-state index contributed by atoms with van der Waals surface area (Å²) in [7, 11) is 0. The molecule has 0 aliphatic heterocycles. The van der Waals surface area contributed by atoms with Gasteiger partial charge < -0.3 is 9.84 Å². The molecule has 0 heterocycles. The number of aliphatic hydroxyl groups excluding tert-OH is 1. The summed E-state index contributed by atoms with van der Waals surface area (Å²) in [6, 6.07) is 5.12. The highest BCUT2D eigenvalue weighted by Gasteiger charge is 2.27. The molecule has 0 saturated heterocycles. The molecule has 0 fully saturated rings. The highest BCUT2D eigenvalue weighted by molar-refractivity contribution is 8.00. The zero-order valence-electron chi connectivity index (χ0n) is 10.1. The van der Waals surface area contributed by atoms with Crippen molar-refractivity contribution in [3.8, 4) is 5.75 Å². The SMILES string of the molecule is Cc1cc([C@H](C)O)ccc1OCCSC(F)(F)F. The van der Waals surface area contributed by atoms with Crippen LogP contribution in [0.5, 0.6) is 5.75 Å². The Bertz CT molecular complexity index is 391. The standard InChI is InChI=1S/C12H15F3O2S/c1-8-7-10(9(2)16)3-4-11(8)17-5-6-18-12(13,14)15/h3-4,7,9,16H,5-6H2,1-2H3/t9-/m0/s1. The number of hydrogen-bond acceptors (Lipinski definition) is 3. The van der Waals surface area contributed by atoms with Crippen LogP contribution in [0.2, 0.25) is 0 Å². The van der Waals surface area contributed by atoms with E-state index in [2.05, 4.69) is 0 Å². The van der Waals surface area contributed by atoms with Gasteiger partial charge in [-0.05, 0) is 48.9 Å². The molecule has 1 aromatic rings. The van der Waals surface area contributed by atoms with E-state index in [0.29, 0.717) is 5.75 Å². The van der Waals surface area contributed by atoms with Gasteiger partial charge in [0, 0.05) is 5.75 Å². The minimum atomic E-state index is -4.21. The molecule has 102 valence electrons. The summed E-state index contributed by atoms with van der Waals surface area (Å²) in [5.74, 6) is 0.406. The highest BCUT2D eigenvalue weighted by Crippen LogP contribution is 2.30. The number of aryl methyl sites for hydroxylation is 1. The number of thioether (sulfide) groups is 1. The summed E-state index contributed by atoms with van der Waals surface area (Å²) in [6.45, 7) is 3.44. The van der Waals surface area contributed by atoms with Crippen LogP contribution in [0, 0.1) is 6.92 Å². The lowest BCUT2D eigenvalue weighted by Crippen LogP contribution is -2.08. The average molecular weight is 280 g/mol. The van der Waals surface area contributed by atoms with Gasteiger partial charge in [-0.1, -0.05) is 6.07 Å². The van der Waals surface area contributed by atoms with E-state index in [1.165, 1.54) is 0 Å². The number of rotatable bonds is 5. The Morgan fingerprint density at radius 1 is 1.39 bits per heavy atom. The van der Waals surface area contributed by atoms with Crippen molar-refractivity contribution in [1.29, 1.82) is 0 Å². The molecule has 0 unspecified atom stereocenters. The predicted molar refractivity (Wildman–Crippen MR) is 65.8 cm³/mol. The molecule has 0 saturated carbocycles. The van der Waals surface area contributed by atoms with Crippen molar-refractivity contribution in [2.45, 2.75) is 25.5 Å². The Morgan fingerprint density at radius 3 is 2.56 bits per heavy atom. The number of ether oxygens (including phenoxy) is 1. The average Bonchev–Trinajstić information content (AvgIpc) is 2.24. The normalized spacial score (nSPS) is 13.4. The molecule has 6 heteroatoms. The Balaban J connectivity index is 2.48. The van der Waals surface area contributed by atoms with E-state index in [1.807, 2.05) is 0 Å². The summed E-state index contributed by atoms with van der Waals surface area (Å²) in [5.41, 5.74) is -2.66. The van der Waals surface area contributed by atoms with Crippen molar-refractivity contribution in [1.82, 2.24) is 0 Å². The Labute approximate surface area is 108 Å². The molecule has 0 spiro atoms. The Morgan fingerprint density at radius 2 is 2.06 bits per heavy atom. The molecule has 0 radical (unpaired) electrons. The van der Waals surface area contributed by atoms with E-state index in [1.54, 1.807) is 32.0 Å². The van der Waals surface area contributed by atoms with Gasteiger partial charge in [0.25, 0.3) is 0 Å². The zero-order chi connectivity index (χ0) is 13.8. The first-order valence-corrected chi connectivity index (χ1v) is 6.40. The van der Waals surface area contributed by atoms with Gasteiger partial charge in [0.2, 0.25) is 0 Å². The number of aliphatic hydroxyl groups is 1. The lowest BCUT2D eigenvalue weighted by atomic mass is 10.1. The van der Waals surface area contributed by atoms with Gasteiger partial charge >= 0.3 is 5.51 Å². The fourth-order valence-corrected chi connectivity index (χ4v) is 1.80.